The highest BCUT2D eigenvalue weighted by molar-refractivity contribution is 6.68. The molecule has 0 aliphatic rings. The van der Waals surface area contributed by atoms with Crippen LogP contribution in [0.15, 0.2) is 18.6 Å². The Morgan fingerprint density at radius 3 is 2.62 bits per heavy atom. The van der Waals surface area contributed by atoms with Crippen LogP contribution in [0, 0.1) is 0 Å². The molecule has 1 heterocycles. The van der Waals surface area contributed by atoms with Crippen LogP contribution in [0.2, 0.25) is 0 Å². The molecule has 1 N–H and O–H groups in total. The van der Waals surface area contributed by atoms with Gasteiger partial charge in [-0.3, -0.25) is 0 Å². The number of alkyl halides is 3. The molecule has 0 saturated carbocycles. The fourth-order valence-corrected chi connectivity index (χ4v) is 0.984. The van der Waals surface area contributed by atoms with E-state index in [1.165, 1.54) is 6.33 Å². The van der Waals surface area contributed by atoms with Crippen LogP contribution < -0.4 is 0 Å². The number of halogens is 3. The molecular formula is C7H7Cl3N2O. The van der Waals surface area contributed by atoms with Crippen molar-refractivity contribution in [1.29, 1.82) is 0 Å². The molecule has 0 radical (unpaired) electrons. The zero-order chi connectivity index (χ0) is 9.90. The van der Waals surface area contributed by atoms with Crippen molar-refractivity contribution in [2.45, 2.75) is 16.3 Å². The average molecular weight is 242 g/mol. The van der Waals surface area contributed by atoms with Crippen LogP contribution in [0.3, 0.4) is 0 Å². The van der Waals surface area contributed by atoms with Gasteiger partial charge in [0, 0.05) is 18.3 Å². The standard InChI is InChI=1S/C7H7Cl3N2O/c8-7(9,10)6(13)3-5-1-2-11-4-12-5/h1-2,4,6,13H,3H2/t6-/m0/s1. The first-order valence-electron chi connectivity index (χ1n) is 3.50. The Hall–Kier alpha value is -0.0900. The van der Waals surface area contributed by atoms with Crippen molar-refractivity contribution in [1.82, 2.24) is 9.97 Å². The summed E-state index contributed by atoms with van der Waals surface area (Å²) < 4.78 is -1.68. The number of hydrogen-bond donors (Lipinski definition) is 1. The van der Waals surface area contributed by atoms with E-state index in [-0.39, 0.29) is 6.42 Å². The zero-order valence-electron chi connectivity index (χ0n) is 6.49. The summed E-state index contributed by atoms with van der Waals surface area (Å²) in [6.45, 7) is 0. The molecule has 1 aromatic heterocycles. The second kappa shape index (κ2) is 4.42. The summed E-state index contributed by atoms with van der Waals surface area (Å²) in [6, 6.07) is 1.65. The van der Waals surface area contributed by atoms with Gasteiger partial charge in [-0.15, -0.1) is 0 Å². The quantitative estimate of drug-likeness (QED) is 0.803. The molecule has 6 heteroatoms. The molecule has 0 unspecified atom stereocenters. The second-order valence-corrected chi connectivity index (χ2v) is 4.83. The minimum absolute atomic E-state index is 0.193. The Kier molecular flexibility index (Phi) is 3.74. The highest BCUT2D eigenvalue weighted by atomic mass is 35.6. The molecule has 0 aliphatic heterocycles. The predicted molar refractivity (Wildman–Crippen MR) is 52.0 cm³/mol. The third-order valence-electron chi connectivity index (χ3n) is 1.42. The highest BCUT2D eigenvalue weighted by Crippen LogP contribution is 2.31. The molecule has 0 fully saturated rings. The molecule has 0 amide bonds. The van der Waals surface area contributed by atoms with Gasteiger partial charge >= 0.3 is 0 Å². The van der Waals surface area contributed by atoms with Crippen LogP contribution >= 0.6 is 34.8 Å². The molecule has 0 aliphatic carbocycles. The number of rotatable bonds is 2. The molecule has 72 valence electrons. The van der Waals surface area contributed by atoms with E-state index in [4.69, 9.17) is 34.8 Å². The third-order valence-corrected chi connectivity index (χ3v) is 2.18. The molecule has 1 rings (SSSR count). The summed E-state index contributed by atoms with van der Waals surface area (Å²) in [6.07, 6.45) is 2.07. The minimum atomic E-state index is -1.68. The second-order valence-electron chi connectivity index (χ2n) is 2.46. The van der Waals surface area contributed by atoms with E-state index < -0.39 is 9.90 Å². The van der Waals surface area contributed by atoms with Gasteiger partial charge in [0.1, 0.15) is 12.4 Å². The van der Waals surface area contributed by atoms with Crippen LogP contribution in [0.1, 0.15) is 5.69 Å². The van der Waals surface area contributed by atoms with Gasteiger partial charge in [-0.25, -0.2) is 9.97 Å². The Bertz CT molecular complexity index is 262. The van der Waals surface area contributed by atoms with Gasteiger partial charge in [0.2, 0.25) is 3.79 Å². The molecule has 0 spiro atoms. The first kappa shape index (κ1) is 11.0. The summed E-state index contributed by atoms with van der Waals surface area (Å²) >= 11 is 16.4. The van der Waals surface area contributed by atoms with Gasteiger partial charge in [-0.2, -0.15) is 0 Å². The Labute approximate surface area is 90.7 Å². The molecule has 0 aromatic carbocycles. The normalized spacial score (nSPS) is 14.2. The maximum Gasteiger partial charge on any atom is 0.216 e. The SMILES string of the molecule is O[C@@H](Cc1ccncn1)C(Cl)(Cl)Cl. The van der Waals surface area contributed by atoms with Gasteiger partial charge < -0.3 is 5.11 Å². The third kappa shape index (κ3) is 3.65. The fourth-order valence-electron chi connectivity index (χ4n) is 0.753. The number of aromatic nitrogens is 2. The summed E-state index contributed by atoms with van der Waals surface area (Å²) in [5, 5.41) is 9.38. The minimum Gasteiger partial charge on any atom is -0.388 e. The van der Waals surface area contributed by atoms with Crippen molar-refractivity contribution >= 4 is 34.8 Å². The zero-order valence-corrected chi connectivity index (χ0v) is 8.76. The van der Waals surface area contributed by atoms with E-state index in [1.807, 2.05) is 0 Å². The van der Waals surface area contributed by atoms with Gasteiger partial charge in [0.25, 0.3) is 0 Å². The van der Waals surface area contributed by atoms with Crippen molar-refractivity contribution in [2.75, 3.05) is 0 Å². The maximum atomic E-state index is 9.38. The van der Waals surface area contributed by atoms with Gasteiger partial charge in [-0.1, -0.05) is 34.8 Å². The lowest BCUT2D eigenvalue weighted by atomic mass is 10.2. The predicted octanol–water partition coefficient (Wildman–Crippen LogP) is 1.75. The van der Waals surface area contributed by atoms with Crippen molar-refractivity contribution in [3.8, 4) is 0 Å². The summed E-state index contributed by atoms with van der Waals surface area (Å²) in [5.74, 6) is 0. The molecule has 3 nitrogen and oxygen atoms in total. The number of hydrogen-bond acceptors (Lipinski definition) is 3. The van der Waals surface area contributed by atoms with Crippen LogP contribution in [-0.2, 0) is 6.42 Å². The van der Waals surface area contributed by atoms with Gasteiger partial charge in [0.15, 0.2) is 0 Å². The number of aliphatic hydroxyl groups excluding tert-OH is 1. The van der Waals surface area contributed by atoms with Crippen LogP contribution in [0.25, 0.3) is 0 Å². The van der Waals surface area contributed by atoms with Crippen molar-refractivity contribution in [3.63, 3.8) is 0 Å². The van der Waals surface area contributed by atoms with Crippen molar-refractivity contribution in [2.24, 2.45) is 0 Å². The smallest absolute Gasteiger partial charge is 0.216 e. The lowest BCUT2D eigenvalue weighted by Gasteiger charge is -2.17. The van der Waals surface area contributed by atoms with Gasteiger partial charge in [-0.05, 0) is 6.07 Å². The van der Waals surface area contributed by atoms with Crippen LogP contribution in [0.5, 0.6) is 0 Å². The lowest BCUT2D eigenvalue weighted by molar-refractivity contribution is 0.178. The van der Waals surface area contributed by atoms with E-state index in [2.05, 4.69) is 9.97 Å². The monoisotopic (exact) mass is 240 g/mol. The number of nitrogens with zero attached hydrogens (tertiary/aromatic N) is 2. The summed E-state index contributed by atoms with van der Waals surface area (Å²) in [5.41, 5.74) is 0.633. The Balaban J connectivity index is 2.61. The summed E-state index contributed by atoms with van der Waals surface area (Å²) in [4.78, 5) is 7.61. The average Bonchev–Trinajstić information content (AvgIpc) is 2.04. The fraction of sp³-hybridized carbons (Fsp3) is 0.429. The van der Waals surface area contributed by atoms with E-state index in [9.17, 15) is 5.11 Å². The van der Waals surface area contributed by atoms with E-state index in [0.717, 1.165) is 0 Å². The lowest BCUT2D eigenvalue weighted by Crippen LogP contribution is -2.27. The molecule has 1 aromatic rings. The highest BCUT2D eigenvalue weighted by Gasteiger charge is 2.30. The molecule has 0 saturated heterocycles. The van der Waals surface area contributed by atoms with Crippen molar-refractivity contribution in [3.05, 3.63) is 24.3 Å². The van der Waals surface area contributed by atoms with E-state index in [0.29, 0.717) is 5.69 Å². The first-order chi connectivity index (χ1) is 6.00. The molecule has 13 heavy (non-hydrogen) atoms. The van der Waals surface area contributed by atoms with E-state index >= 15 is 0 Å². The van der Waals surface area contributed by atoms with Gasteiger partial charge in [0.05, 0.1) is 0 Å². The van der Waals surface area contributed by atoms with E-state index in [1.54, 1.807) is 12.3 Å². The molecule has 0 bridgehead atoms. The molecule has 1 atom stereocenters. The first-order valence-corrected chi connectivity index (χ1v) is 4.63. The van der Waals surface area contributed by atoms with Crippen LogP contribution in [0.4, 0.5) is 0 Å². The largest absolute Gasteiger partial charge is 0.388 e. The topological polar surface area (TPSA) is 46.0 Å². The van der Waals surface area contributed by atoms with Crippen molar-refractivity contribution < 1.29 is 5.11 Å². The Morgan fingerprint density at radius 1 is 1.46 bits per heavy atom. The molecular weight excluding hydrogens is 234 g/mol. The summed E-state index contributed by atoms with van der Waals surface area (Å²) in [7, 11) is 0. The van der Waals surface area contributed by atoms with Crippen LogP contribution in [-0.4, -0.2) is 25.0 Å². The number of aliphatic hydroxyl groups is 1. The maximum absolute atomic E-state index is 9.38. The Morgan fingerprint density at radius 2 is 2.15 bits per heavy atom.